The Bertz CT molecular complexity index is 774. The summed E-state index contributed by atoms with van der Waals surface area (Å²) in [7, 11) is 1.23. The van der Waals surface area contributed by atoms with Gasteiger partial charge in [-0.15, -0.1) is 11.8 Å². The number of hydrogen-bond donors (Lipinski definition) is 1. The lowest BCUT2D eigenvalue weighted by atomic mass is 9.95. The van der Waals surface area contributed by atoms with Crippen LogP contribution in [0.3, 0.4) is 0 Å². The molecule has 1 N–H and O–H groups in total. The molecule has 2 amide bonds. The van der Waals surface area contributed by atoms with Crippen LogP contribution in [0, 0.1) is 0 Å². The average Bonchev–Trinajstić information content (AvgIpc) is 2.99. The van der Waals surface area contributed by atoms with Crippen LogP contribution < -0.4 is 10.1 Å². The van der Waals surface area contributed by atoms with Gasteiger partial charge in [0.05, 0.1) is 11.9 Å². The fourth-order valence-corrected chi connectivity index (χ4v) is 5.01. The number of thioether (sulfide) groups is 1. The summed E-state index contributed by atoms with van der Waals surface area (Å²) in [6.45, 7) is 1.69. The van der Waals surface area contributed by atoms with Crippen molar-refractivity contribution in [3.8, 4) is 5.75 Å². The molecular formula is C18H20N2O7S. The van der Waals surface area contributed by atoms with E-state index in [0.717, 1.165) is 0 Å². The number of fused-ring (bicyclic) bond motifs is 1. The fraction of sp³-hybridized carbons (Fsp3) is 0.444. The maximum Gasteiger partial charge on any atom is 0.330 e. The molecule has 28 heavy (non-hydrogen) atoms. The lowest BCUT2D eigenvalue weighted by Crippen LogP contribution is -2.71. The third kappa shape index (κ3) is 3.64. The minimum atomic E-state index is -0.909. The van der Waals surface area contributed by atoms with Gasteiger partial charge in [0.2, 0.25) is 5.91 Å². The number of ether oxygens (including phenoxy) is 3. The number of nitrogens with zero attached hydrogens (tertiary/aromatic N) is 1. The first kappa shape index (κ1) is 20.0. The zero-order valence-corrected chi connectivity index (χ0v) is 16.1. The molecule has 0 saturated carbocycles. The van der Waals surface area contributed by atoms with Crippen molar-refractivity contribution < 1.29 is 33.4 Å². The second kappa shape index (κ2) is 8.09. The molecule has 2 unspecified atom stereocenters. The van der Waals surface area contributed by atoms with Gasteiger partial charge in [-0.1, -0.05) is 18.2 Å². The molecule has 2 heterocycles. The Morgan fingerprint density at radius 1 is 1.32 bits per heavy atom. The Balaban J connectivity index is 1.64. The van der Waals surface area contributed by atoms with Crippen molar-refractivity contribution in [3.63, 3.8) is 0 Å². The van der Waals surface area contributed by atoms with Crippen LogP contribution in [0.15, 0.2) is 30.3 Å². The maximum atomic E-state index is 12.6. The minimum Gasteiger partial charge on any atom is -0.484 e. The first-order valence-corrected chi connectivity index (χ1v) is 9.39. The summed E-state index contributed by atoms with van der Waals surface area (Å²) in [4.78, 5) is 49.0. The van der Waals surface area contributed by atoms with Gasteiger partial charge in [-0.05, 0) is 19.1 Å². The van der Waals surface area contributed by atoms with Crippen molar-refractivity contribution in [2.24, 2.45) is 0 Å². The van der Waals surface area contributed by atoms with E-state index in [1.54, 1.807) is 31.2 Å². The van der Waals surface area contributed by atoms with Crippen molar-refractivity contribution in [3.05, 3.63) is 30.3 Å². The number of para-hydroxylation sites is 1. The largest absolute Gasteiger partial charge is 0.484 e. The molecule has 0 spiro atoms. The Kier molecular flexibility index (Phi) is 5.78. The van der Waals surface area contributed by atoms with Crippen LogP contribution in [0.1, 0.15) is 6.92 Å². The van der Waals surface area contributed by atoms with E-state index in [4.69, 9.17) is 14.2 Å². The summed E-state index contributed by atoms with van der Waals surface area (Å²) in [5, 5.41) is 2.18. The number of nitrogens with one attached hydrogen (secondary N) is 1. The SMILES string of the molecule is COC(=O)C1N2C(=O)C(NC(=O)COc3ccccc3)[C@H]2S[C@@]1(C)COC=O. The molecule has 2 saturated heterocycles. The van der Waals surface area contributed by atoms with E-state index < -0.39 is 40.0 Å². The number of esters is 1. The van der Waals surface area contributed by atoms with Crippen LogP contribution in [0.4, 0.5) is 0 Å². The highest BCUT2D eigenvalue weighted by Gasteiger charge is 2.66. The van der Waals surface area contributed by atoms with Gasteiger partial charge < -0.3 is 24.4 Å². The highest BCUT2D eigenvalue weighted by Crippen LogP contribution is 2.51. The fourth-order valence-electron chi connectivity index (χ4n) is 3.32. The van der Waals surface area contributed by atoms with Crippen LogP contribution in [0.25, 0.3) is 0 Å². The van der Waals surface area contributed by atoms with Gasteiger partial charge in [0, 0.05) is 0 Å². The number of rotatable bonds is 8. The van der Waals surface area contributed by atoms with E-state index in [9.17, 15) is 19.2 Å². The van der Waals surface area contributed by atoms with Crippen LogP contribution in [0.2, 0.25) is 0 Å². The summed E-state index contributed by atoms with van der Waals surface area (Å²) in [6.07, 6.45) is 0. The highest BCUT2D eigenvalue weighted by molar-refractivity contribution is 8.01. The van der Waals surface area contributed by atoms with E-state index in [-0.39, 0.29) is 19.7 Å². The van der Waals surface area contributed by atoms with Crippen molar-refractivity contribution in [1.29, 1.82) is 0 Å². The normalized spacial score (nSPS) is 28.0. The molecule has 1 aromatic rings. The summed E-state index contributed by atoms with van der Waals surface area (Å²) < 4.78 is 14.2. The van der Waals surface area contributed by atoms with Crippen LogP contribution in [-0.2, 0) is 28.7 Å². The molecule has 4 atom stereocenters. The lowest BCUT2D eigenvalue weighted by Gasteiger charge is -2.43. The van der Waals surface area contributed by atoms with Gasteiger partial charge in [0.1, 0.15) is 29.8 Å². The van der Waals surface area contributed by atoms with E-state index in [2.05, 4.69) is 5.32 Å². The summed E-state index contributed by atoms with van der Waals surface area (Å²) in [5.41, 5.74) is 0. The predicted octanol–water partition coefficient (Wildman–Crippen LogP) is -0.0614. The number of amides is 2. The quantitative estimate of drug-likeness (QED) is 0.362. The molecule has 2 aliphatic rings. The summed E-state index contributed by atoms with van der Waals surface area (Å²) in [6, 6.07) is 7.13. The van der Waals surface area contributed by atoms with Crippen molar-refractivity contribution >= 4 is 36.0 Å². The Hall–Kier alpha value is -2.75. The number of carbonyl (C=O) groups excluding carboxylic acids is 4. The Morgan fingerprint density at radius 2 is 2.04 bits per heavy atom. The standard InChI is InChI=1S/C18H20N2O7S/c1-18(9-26-10-21)14(17(24)25-2)20-15(23)13(16(20)28-18)19-12(22)8-27-11-6-4-3-5-7-11/h3-7,10,13-14,16H,8-9H2,1-2H3,(H,19,22)/t13?,14?,16-,18+/m1/s1. The van der Waals surface area contributed by atoms with Crippen LogP contribution >= 0.6 is 11.8 Å². The zero-order chi connectivity index (χ0) is 20.3. The van der Waals surface area contributed by atoms with Crippen molar-refractivity contribution in [2.45, 2.75) is 29.1 Å². The zero-order valence-electron chi connectivity index (χ0n) is 15.3. The number of β-lactam (4-membered cyclic amide) rings is 1. The van der Waals surface area contributed by atoms with Gasteiger partial charge in [-0.2, -0.15) is 0 Å². The van der Waals surface area contributed by atoms with Gasteiger partial charge in [0.15, 0.2) is 6.61 Å². The number of benzene rings is 1. The molecule has 2 aliphatic heterocycles. The van der Waals surface area contributed by atoms with Gasteiger partial charge in [-0.25, -0.2) is 4.79 Å². The highest BCUT2D eigenvalue weighted by atomic mass is 32.2. The third-order valence-electron chi connectivity index (χ3n) is 4.62. The Morgan fingerprint density at radius 3 is 2.68 bits per heavy atom. The molecule has 150 valence electrons. The van der Waals surface area contributed by atoms with Crippen molar-refractivity contribution in [1.82, 2.24) is 10.2 Å². The van der Waals surface area contributed by atoms with Gasteiger partial charge >= 0.3 is 5.97 Å². The number of methoxy groups -OCH3 is 1. The molecule has 1 aromatic carbocycles. The van der Waals surface area contributed by atoms with Crippen LogP contribution in [-0.4, -0.2) is 71.7 Å². The van der Waals surface area contributed by atoms with Gasteiger partial charge in [0.25, 0.3) is 12.4 Å². The second-order valence-corrected chi connectivity index (χ2v) is 8.20. The summed E-state index contributed by atoms with van der Waals surface area (Å²) >= 11 is 1.29. The molecule has 3 rings (SSSR count). The van der Waals surface area contributed by atoms with E-state index in [1.807, 2.05) is 6.07 Å². The lowest BCUT2D eigenvalue weighted by molar-refractivity contribution is -0.164. The molecule has 0 radical (unpaired) electrons. The molecule has 0 bridgehead atoms. The van der Waals surface area contributed by atoms with E-state index >= 15 is 0 Å². The first-order chi connectivity index (χ1) is 13.4. The number of hydrogen-bond acceptors (Lipinski definition) is 8. The third-order valence-corrected chi connectivity index (χ3v) is 6.24. The monoisotopic (exact) mass is 408 g/mol. The number of carbonyl (C=O) groups is 4. The molecule has 2 fully saturated rings. The molecule has 10 heteroatoms. The molecule has 0 aliphatic carbocycles. The summed E-state index contributed by atoms with van der Waals surface area (Å²) in [5.74, 6) is -0.901. The average molecular weight is 408 g/mol. The molecule has 0 aromatic heterocycles. The van der Waals surface area contributed by atoms with E-state index in [0.29, 0.717) is 5.75 Å². The second-order valence-electron chi connectivity index (χ2n) is 6.55. The Labute approximate surface area is 165 Å². The topological polar surface area (TPSA) is 111 Å². The smallest absolute Gasteiger partial charge is 0.330 e. The predicted molar refractivity (Wildman–Crippen MR) is 98.3 cm³/mol. The molecule has 9 nitrogen and oxygen atoms in total. The van der Waals surface area contributed by atoms with E-state index in [1.165, 1.54) is 23.8 Å². The maximum absolute atomic E-state index is 12.6. The van der Waals surface area contributed by atoms with Gasteiger partial charge in [-0.3, -0.25) is 14.4 Å². The minimum absolute atomic E-state index is 0.0704. The van der Waals surface area contributed by atoms with Crippen LogP contribution in [0.5, 0.6) is 5.75 Å². The molecular weight excluding hydrogens is 388 g/mol. The first-order valence-electron chi connectivity index (χ1n) is 8.51. The van der Waals surface area contributed by atoms with Crippen molar-refractivity contribution in [2.75, 3.05) is 20.3 Å².